The highest BCUT2D eigenvalue weighted by atomic mass is 19.1. The summed E-state index contributed by atoms with van der Waals surface area (Å²) in [6.07, 6.45) is 4.49. The minimum Gasteiger partial charge on any atom is -0.348 e. The number of hydrogen-bond acceptors (Lipinski definition) is 3. The van der Waals surface area contributed by atoms with Gasteiger partial charge in [-0.05, 0) is 12.1 Å². The van der Waals surface area contributed by atoms with E-state index in [1.54, 1.807) is 12.4 Å². The second kappa shape index (κ2) is 4.52. The van der Waals surface area contributed by atoms with Gasteiger partial charge in [0.05, 0.1) is 11.8 Å². The number of carbonyl (C=O) groups excluding carboxylic acids is 1. The summed E-state index contributed by atoms with van der Waals surface area (Å²) in [5.74, 6) is -0.903. The van der Waals surface area contributed by atoms with Crippen LogP contribution >= 0.6 is 0 Å². The van der Waals surface area contributed by atoms with Crippen LogP contribution in [0.5, 0.6) is 0 Å². The van der Waals surface area contributed by atoms with E-state index in [9.17, 15) is 9.18 Å². The molecule has 0 spiro atoms. The number of nitrogens with one attached hydrogen (secondary N) is 2. The number of halogens is 1. The SMILES string of the molecule is O=C(NCc1cn[nH]c1)c1ccc(F)nc1. The number of rotatable bonds is 3. The maximum absolute atomic E-state index is 12.5. The van der Waals surface area contributed by atoms with Crippen molar-refractivity contribution in [3.8, 4) is 0 Å². The average Bonchev–Trinajstić information content (AvgIpc) is 2.80. The fourth-order valence-corrected chi connectivity index (χ4v) is 1.17. The molecule has 0 bridgehead atoms. The third kappa shape index (κ3) is 2.41. The molecule has 0 aromatic carbocycles. The van der Waals surface area contributed by atoms with E-state index < -0.39 is 5.95 Å². The molecule has 2 aromatic heterocycles. The van der Waals surface area contributed by atoms with Gasteiger partial charge in [-0.1, -0.05) is 0 Å². The van der Waals surface area contributed by atoms with Crippen molar-refractivity contribution in [3.63, 3.8) is 0 Å². The standard InChI is InChI=1S/C10H9FN4O/c11-9-2-1-8(6-12-9)10(16)13-3-7-4-14-15-5-7/h1-2,4-6H,3H2,(H,13,16)(H,14,15). The maximum Gasteiger partial charge on any atom is 0.253 e. The number of pyridine rings is 1. The monoisotopic (exact) mass is 220 g/mol. The van der Waals surface area contributed by atoms with Crippen LogP contribution in [-0.4, -0.2) is 21.1 Å². The Morgan fingerprint density at radius 2 is 2.31 bits per heavy atom. The molecule has 2 heterocycles. The largest absolute Gasteiger partial charge is 0.348 e. The first-order valence-electron chi connectivity index (χ1n) is 4.63. The zero-order valence-electron chi connectivity index (χ0n) is 8.27. The summed E-state index contributed by atoms with van der Waals surface area (Å²) in [4.78, 5) is 14.9. The van der Waals surface area contributed by atoms with E-state index in [4.69, 9.17) is 0 Å². The Labute approximate surface area is 90.7 Å². The van der Waals surface area contributed by atoms with E-state index in [0.717, 1.165) is 11.6 Å². The van der Waals surface area contributed by atoms with Crippen molar-refractivity contribution in [1.29, 1.82) is 0 Å². The molecule has 2 N–H and O–H groups in total. The van der Waals surface area contributed by atoms with Crippen LogP contribution in [0.4, 0.5) is 4.39 Å². The Kier molecular flexibility index (Phi) is 2.90. The third-order valence-electron chi connectivity index (χ3n) is 2.00. The highest BCUT2D eigenvalue weighted by Gasteiger charge is 2.05. The summed E-state index contributed by atoms with van der Waals surface area (Å²) in [5, 5.41) is 9.04. The van der Waals surface area contributed by atoms with E-state index in [2.05, 4.69) is 20.5 Å². The minimum atomic E-state index is -0.605. The summed E-state index contributed by atoms with van der Waals surface area (Å²) in [5.41, 5.74) is 1.19. The first kappa shape index (κ1) is 10.3. The van der Waals surface area contributed by atoms with Crippen LogP contribution in [0.2, 0.25) is 0 Å². The Hall–Kier alpha value is -2.24. The third-order valence-corrected chi connectivity index (χ3v) is 2.00. The molecule has 0 aliphatic rings. The van der Waals surface area contributed by atoms with Crippen LogP contribution in [0, 0.1) is 5.95 Å². The molecule has 82 valence electrons. The van der Waals surface area contributed by atoms with E-state index in [1.165, 1.54) is 12.3 Å². The molecular weight excluding hydrogens is 211 g/mol. The minimum absolute atomic E-state index is 0.297. The van der Waals surface area contributed by atoms with E-state index >= 15 is 0 Å². The van der Waals surface area contributed by atoms with Gasteiger partial charge in [-0.2, -0.15) is 9.49 Å². The van der Waals surface area contributed by atoms with Gasteiger partial charge in [0.15, 0.2) is 0 Å². The lowest BCUT2D eigenvalue weighted by atomic mass is 10.2. The number of aromatic nitrogens is 3. The van der Waals surface area contributed by atoms with E-state index in [1.807, 2.05) is 0 Å². The Morgan fingerprint density at radius 3 is 2.94 bits per heavy atom. The van der Waals surface area contributed by atoms with Gasteiger partial charge in [-0.15, -0.1) is 0 Å². The topological polar surface area (TPSA) is 70.7 Å². The quantitative estimate of drug-likeness (QED) is 0.754. The Balaban J connectivity index is 1.95. The van der Waals surface area contributed by atoms with Gasteiger partial charge in [0.2, 0.25) is 5.95 Å². The Bertz CT molecular complexity index is 466. The number of nitrogens with zero attached hydrogens (tertiary/aromatic N) is 2. The summed E-state index contributed by atoms with van der Waals surface area (Å²) >= 11 is 0. The lowest BCUT2D eigenvalue weighted by molar-refractivity contribution is 0.0950. The summed E-state index contributed by atoms with van der Waals surface area (Å²) in [7, 11) is 0. The molecule has 0 unspecified atom stereocenters. The lowest BCUT2D eigenvalue weighted by Gasteiger charge is -2.02. The van der Waals surface area contributed by atoms with Crippen molar-refractivity contribution < 1.29 is 9.18 Å². The van der Waals surface area contributed by atoms with Crippen LogP contribution in [0.3, 0.4) is 0 Å². The number of aromatic amines is 1. The first-order chi connectivity index (χ1) is 7.75. The summed E-state index contributed by atoms with van der Waals surface area (Å²) < 4.78 is 12.5. The number of hydrogen-bond donors (Lipinski definition) is 2. The predicted molar refractivity (Wildman–Crippen MR) is 54.0 cm³/mol. The molecule has 0 fully saturated rings. The molecule has 16 heavy (non-hydrogen) atoms. The Morgan fingerprint density at radius 1 is 1.44 bits per heavy atom. The van der Waals surface area contributed by atoms with Crippen LogP contribution < -0.4 is 5.32 Å². The highest BCUT2D eigenvalue weighted by Crippen LogP contribution is 2.00. The number of carbonyl (C=O) groups is 1. The summed E-state index contributed by atoms with van der Waals surface area (Å²) in [6, 6.07) is 2.53. The summed E-state index contributed by atoms with van der Waals surface area (Å²) in [6.45, 7) is 0.368. The normalized spacial score (nSPS) is 10.1. The molecule has 6 heteroatoms. The molecule has 0 aliphatic carbocycles. The predicted octanol–water partition coefficient (Wildman–Crippen LogP) is 0.874. The van der Waals surface area contributed by atoms with Gasteiger partial charge >= 0.3 is 0 Å². The van der Waals surface area contributed by atoms with Gasteiger partial charge in [-0.3, -0.25) is 9.89 Å². The molecule has 0 saturated carbocycles. The van der Waals surface area contributed by atoms with Crippen LogP contribution in [0.25, 0.3) is 0 Å². The molecule has 0 aliphatic heterocycles. The highest BCUT2D eigenvalue weighted by molar-refractivity contribution is 5.93. The zero-order valence-corrected chi connectivity index (χ0v) is 8.27. The smallest absolute Gasteiger partial charge is 0.253 e. The molecule has 1 amide bonds. The van der Waals surface area contributed by atoms with Crippen molar-refractivity contribution >= 4 is 5.91 Å². The van der Waals surface area contributed by atoms with E-state index in [-0.39, 0.29) is 5.91 Å². The fourth-order valence-electron chi connectivity index (χ4n) is 1.17. The molecule has 5 nitrogen and oxygen atoms in total. The average molecular weight is 220 g/mol. The maximum atomic E-state index is 12.5. The second-order valence-electron chi connectivity index (χ2n) is 3.16. The van der Waals surface area contributed by atoms with Gasteiger partial charge in [0.25, 0.3) is 5.91 Å². The van der Waals surface area contributed by atoms with Crippen molar-refractivity contribution in [1.82, 2.24) is 20.5 Å². The van der Waals surface area contributed by atoms with Gasteiger partial charge in [0.1, 0.15) is 0 Å². The zero-order chi connectivity index (χ0) is 11.4. The molecule has 0 saturated heterocycles. The first-order valence-corrected chi connectivity index (χ1v) is 4.63. The van der Waals surface area contributed by atoms with Gasteiger partial charge < -0.3 is 5.32 Å². The number of H-pyrrole nitrogens is 1. The molecule has 0 radical (unpaired) electrons. The molecule has 2 rings (SSSR count). The van der Waals surface area contributed by atoms with Crippen LogP contribution in [0.15, 0.2) is 30.7 Å². The van der Waals surface area contributed by atoms with Crippen molar-refractivity contribution in [2.45, 2.75) is 6.54 Å². The van der Waals surface area contributed by atoms with Crippen molar-refractivity contribution in [2.75, 3.05) is 0 Å². The fraction of sp³-hybridized carbons (Fsp3) is 0.100. The van der Waals surface area contributed by atoms with Gasteiger partial charge in [0, 0.05) is 24.5 Å². The van der Waals surface area contributed by atoms with Crippen molar-refractivity contribution in [2.24, 2.45) is 0 Å². The molecule has 0 atom stereocenters. The van der Waals surface area contributed by atoms with Crippen LogP contribution in [-0.2, 0) is 6.54 Å². The lowest BCUT2D eigenvalue weighted by Crippen LogP contribution is -2.22. The number of amides is 1. The van der Waals surface area contributed by atoms with Gasteiger partial charge in [-0.25, -0.2) is 4.98 Å². The van der Waals surface area contributed by atoms with E-state index in [0.29, 0.717) is 12.1 Å². The second-order valence-corrected chi connectivity index (χ2v) is 3.16. The molecular formula is C10H9FN4O. The van der Waals surface area contributed by atoms with Crippen molar-refractivity contribution in [3.05, 3.63) is 47.8 Å². The van der Waals surface area contributed by atoms with Crippen LogP contribution in [0.1, 0.15) is 15.9 Å². The molecule has 2 aromatic rings.